The molecule has 0 aliphatic rings. The van der Waals surface area contributed by atoms with E-state index in [4.69, 9.17) is 4.99 Å². The molecule has 0 heterocycles. The molecule has 0 atom stereocenters. The van der Waals surface area contributed by atoms with E-state index >= 15 is 0 Å². The highest BCUT2D eigenvalue weighted by atomic mass is 14.8. The topological polar surface area (TPSA) is 12.4 Å². The van der Waals surface area contributed by atoms with Crippen LogP contribution in [-0.2, 0) is 0 Å². The fourth-order valence-electron chi connectivity index (χ4n) is 1.97. The summed E-state index contributed by atoms with van der Waals surface area (Å²) in [7, 11) is 0. The number of hydrogen-bond donors (Lipinski definition) is 0. The zero-order valence-electron chi connectivity index (χ0n) is 11.7. The molecule has 2 rings (SSSR count). The van der Waals surface area contributed by atoms with Crippen molar-refractivity contribution in [3.05, 3.63) is 77.4 Å². The summed E-state index contributed by atoms with van der Waals surface area (Å²) < 4.78 is 0. The number of allylic oxidation sites excluding steroid dienone is 1. The summed E-state index contributed by atoms with van der Waals surface area (Å²) in [5.74, 6) is 0. The molecule has 1 heteroatoms. The molecule has 0 unspecified atom stereocenters. The van der Waals surface area contributed by atoms with Crippen LogP contribution in [0.15, 0.2) is 71.2 Å². The molecule has 0 aliphatic carbocycles. The summed E-state index contributed by atoms with van der Waals surface area (Å²) in [4.78, 5) is 4.81. The minimum atomic E-state index is 1.04. The van der Waals surface area contributed by atoms with Gasteiger partial charge in [-0.2, -0.15) is 0 Å². The Morgan fingerprint density at radius 3 is 1.63 bits per heavy atom. The first-order valence-electron chi connectivity index (χ1n) is 6.52. The van der Waals surface area contributed by atoms with Crippen LogP contribution in [0.4, 0.5) is 0 Å². The summed E-state index contributed by atoms with van der Waals surface area (Å²) in [6.45, 7) is 6.26. The van der Waals surface area contributed by atoms with Crippen LogP contribution in [0.5, 0.6) is 0 Å². The van der Waals surface area contributed by atoms with E-state index in [2.05, 4.69) is 45.0 Å². The molecule has 0 saturated heterocycles. The minimum Gasteiger partial charge on any atom is -0.253 e. The average Bonchev–Trinajstić information content (AvgIpc) is 2.46. The molecule has 0 aromatic heterocycles. The maximum absolute atomic E-state index is 4.81. The first-order valence-corrected chi connectivity index (χ1v) is 6.52. The molecule has 0 aliphatic heterocycles. The van der Waals surface area contributed by atoms with Crippen molar-refractivity contribution >= 4 is 11.4 Å². The van der Waals surface area contributed by atoms with Gasteiger partial charge in [-0.3, -0.25) is 4.99 Å². The third-order valence-corrected chi connectivity index (χ3v) is 2.99. The van der Waals surface area contributed by atoms with Crippen LogP contribution in [0.3, 0.4) is 0 Å². The maximum atomic E-state index is 4.81. The van der Waals surface area contributed by atoms with E-state index in [1.165, 1.54) is 5.57 Å². The highest BCUT2D eigenvalue weighted by molar-refractivity contribution is 6.01. The molecular weight excluding hydrogens is 230 g/mol. The molecular formula is C18H19N. The van der Waals surface area contributed by atoms with Gasteiger partial charge in [-0.05, 0) is 26.3 Å². The molecule has 2 aromatic rings. The summed E-state index contributed by atoms with van der Waals surface area (Å²) in [5.41, 5.74) is 5.65. The predicted molar refractivity (Wildman–Crippen MR) is 83.4 cm³/mol. The molecule has 2 aromatic carbocycles. The van der Waals surface area contributed by atoms with Crippen molar-refractivity contribution in [3.63, 3.8) is 0 Å². The second-order valence-electron chi connectivity index (χ2n) is 4.78. The van der Waals surface area contributed by atoms with Crippen molar-refractivity contribution in [1.82, 2.24) is 0 Å². The lowest BCUT2D eigenvalue weighted by atomic mass is 10.1. The fraction of sp³-hybridized carbons (Fsp3) is 0.167. The highest BCUT2D eigenvalue weighted by Crippen LogP contribution is 2.21. The number of aliphatic imine (C=N–C) groups is 1. The van der Waals surface area contributed by atoms with E-state index in [1.54, 1.807) is 0 Å². The molecule has 0 radical (unpaired) electrons. The third-order valence-electron chi connectivity index (χ3n) is 2.99. The molecule has 0 amide bonds. The Labute approximate surface area is 115 Å². The van der Waals surface area contributed by atoms with Crippen molar-refractivity contribution in [3.8, 4) is 0 Å². The first kappa shape index (κ1) is 13.3. The molecule has 0 saturated carbocycles. The Morgan fingerprint density at radius 2 is 1.16 bits per heavy atom. The van der Waals surface area contributed by atoms with E-state index in [0.717, 1.165) is 22.5 Å². The van der Waals surface area contributed by atoms with Crippen molar-refractivity contribution in [2.75, 3.05) is 0 Å². The van der Waals surface area contributed by atoms with E-state index in [1.807, 2.05) is 36.4 Å². The first-order chi connectivity index (χ1) is 9.18. The van der Waals surface area contributed by atoms with E-state index < -0.39 is 0 Å². The lowest BCUT2D eigenvalue weighted by Gasteiger charge is -2.07. The van der Waals surface area contributed by atoms with Gasteiger partial charge < -0.3 is 0 Å². The SMILES string of the molecule is CC(=NC(=C(C)C)c1ccccc1)c1ccccc1. The van der Waals surface area contributed by atoms with E-state index in [-0.39, 0.29) is 0 Å². The van der Waals surface area contributed by atoms with Crippen molar-refractivity contribution in [2.24, 2.45) is 4.99 Å². The largest absolute Gasteiger partial charge is 0.253 e. The van der Waals surface area contributed by atoms with Gasteiger partial charge in [-0.1, -0.05) is 66.2 Å². The lowest BCUT2D eigenvalue weighted by Crippen LogP contribution is -1.96. The van der Waals surface area contributed by atoms with Crippen LogP contribution < -0.4 is 0 Å². The average molecular weight is 249 g/mol. The van der Waals surface area contributed by atoms with Gasteiger partial charge in [0, 0.05) is 11.3 Å². The van der Waals surface area contributed by atoms with Gasteiger partial charge in [0.05, 0.1) is 5.70 Å². The van der Waals surface area contributed by atoms with Crippen molar-refractivity contribution in [2.45, 2.75) is 20.8 Å². The van der Waals surface area contributed by atoms with Crippen molar-refractivity contribution < 1.29 is 0 Å². The Morgan fingerprint density at radius 1 is 0.684 bits per heavy atom. The fourth-order valence-corrected chi connectivity index (χ4v) is 1.97. The van der Waals surface area contributed by atoms with Crippen LogP contribution in [0, 0.1) is 0 Å². The Hall–Kier alpha value is -2.15. The minimum absolute atomic E-state index is 1.04. The molecule has 0 bridgehead atoms. The number of rotatable bonds is 3. The Balaban J connectivity index is 2.41. The molecule has 96 valence electrons. The summed E-state index contributed by atoms with van der Waals surface area (Å²) in [5, 5.41) is 0. The van der Waals surface area contributed by atoms with Crippen LogP contribution in [0.25, 0.3) is 5.70 Å². The van der Waals surface area contributed by atoms with Crippen molar-refractivity contribution in [1.29, 1.82) is 0 Å². The van der Waals surface area contributed by atoms with E-state index in [9.17, 15) is 0 Å². The molecule has 0 spiro atoms. The zero-order valence-corrected chi connectivity index (χ0v) is 11.7. The van der Waals surface area contributed by atoms with E-state index in [0.29, 0.717) is 0 Å². The highest BCUT2D eigenvalue weighted by Gasteiger charge is 2.03. The number of benzene rings is 2. The van der Waals surface area contributed by atoms with Gasteiger partial charge in [0.1, 0.15) is 0 Å². The normalized spacial score (nSPS) is 11.2. The van der Waals surface area contributed by atoms with Crippen LogP contribution in [-0.4, -0.2) is 5.71 Å². The second kappa shape index (κ2) is 6.14. The monoisotopic (exact) mass is 249 g/mol. The quantitative estimate of drug-likeness (QED) is 0.683. The maximum Gasteiger partial charge on any atom is 0.0691 e. The van der Waals surface area contributed by atoms with Crippen LogP contribution >= 0.6 is 0 Å². The number of nitrogens with zero attached hydrogens (tertiary/aromatic N) is 1. The van der Waals surface area contributed by atoms with Gasteiger partial charge in [0.25, 0.3) is 0 Å². The molecule has 0 fully saturated rings. The molecule has 1 nitrogen and oxygen atoms in total. The molecule has 0 N–H and O–H groups in total. The summed E-state index contributed by atoms with van der Waals surface area (Å²) in [6.07, 6.45) is 0. The second-order valence-corrected chi connectivity index (χ2v) is 4.78. The third kappa shape index (κ3) is 3.41. The standard InChI is InChI=1S/C18H19N/c1-14(2)18(17-12-8-5-9-13-17)19-15(3)16-10-6-4-7-11-16/h4-13H,1-3H3. The van der Waals surface area contributed by atoms with Gasteiger partial charge in [-0.25, -0.2) is 0 Å². The summed E-state index contributed by atoms with van der Waals surface area (Å²) >= 11 is 0. The summed E-state index contributed by atoms with van der Waals surface area (Å²) in [6, 6.07) is 20.6. The van der Waals surface area contributed by atoms with Crippen LogP contribution in [0.1, 0.15) is 31.9 Å². The Bertz CT molecular complexity index is 588. The lowest BCUT2D eigenvalue weighted by molar-refractivity contribution is 1.33. The zero-order chi connectivity index (χ0) is 13.7. The van der Waals surface area contributed by atoms with Gasteiger partial charge in [0.2, 0.25) is 0 Å². The molecule has 19 heavy (non-hydrogen) atoms. The Kier molecular flexibility index (Phi) is 4.30. The van der Waals surface area contributed by atoms with Gasteiger partial charge in [-0.15, -0.1) is 0 Å². The smallest absolute Gasteiger partial charge is 0.0691 e. The number of hydrogen-bond acceptors (Lipinski definition) is 1. The van der Waals surface area contributed by atoms with Gasteiger partial charge >= 0.3 is 0 Å². The van der Waals surface area contributed by atoms with Gasteiger partial charge in [0.15, 0.2) is 0 Å². The van der Waals surface area contributed by atoms with Crippen LogP contribution in [0.2, 0.25) is 0 Å². The predicted octanol–water partition coefficient (Wildman–Crippen LogP) is 4.95.